The molecular weight excluding hydrogens is 220 g/mol. The summed E-state index contributed by atoms with van der Waals surface area (Å²) in [6.45, 7) is 4.73. The first-order valence-electron chi connectivity index (χ1n) is 5.78. The zero-order valence-corrected chi connectivity index (χ0v) is 10.3. The van der Waals surface area contributed by atoms with Crippen molar-refractivity contribution in [3.8, 4) is 11.5 Å². The third-order valence-electron chi connectivity index (χ3n) is 1.96. The van der Waals surface area contributed by atoms with Crippen LogP contribution in [0.4, 0.5) is 0 Å². The Morgan fingerprint density at radius 1 is 1.12 bits per heavy atom. The van der Waals surface area contributed by atoms with Crippen LogP contribution < -0.4 is 9.47 Å². The highest BCUT2D eigenvalue weighted by atomic mass is 16.6. The van der Waals surface area contributed by atoms with Crippen LogP contribution in [0.2, 0.25) is 0 Å². The second-order valence-corrected chi connectivity index (χ2v) is 3.39. The van der Waals surface area contributed by atoms with E-state index in [0.29, 0.717) is 24.7 Å². The maximum atomic E-state index is 11.3. The molecule has 0 N–H and O–H groups in total. The maximum Gasteiger partial charge on any atom is 0.344 e. The van der Waals surface area contributed by atoms with Crippen molar-refractivity contribution >= 4 is 5.97 Å². The molecule has 0 aromatic heterocycles. The summed E-state index contributed by atoms with van der Waals surface area (Å²) in [5.74, 6) is 0.833. The van der Waals surface area contributed by atoms with Gasteiger partial charge in [0.15, 0.2) is 18.1 Å². The number of esters is 1. The van der Waals surface area contributed by atoms with Crippen LogP contribution in [0.25, 0.3) is 0 Å². The zero-order valence-electron chi connectivity index (χ0n) is 10.3. The Labute approximate surface area is 101 Å². The van der Waals surface area contributed by atoms with Gasteiger partial charge >= 0.3 is 5.97 Å². The molecule has 0 saturated heterocycles. The summed E-state index contributed by atoms with van der Waals surface area (Å²) in [5.41, 5.74) is 0. The van der Waals surface area contributed by atoms with Gasteiger partial charge in [0.1, 0.15) is 0 Å². The fourth-order valence-corrected chi connectivity index (χ4v) is 1.24. The van der Waals surface area contributed by atoms with Gasteiger partial charge < -0.3 is 14.2 Å². The van der Waals surface area contributed by atoms with E-state index in [-0.39, 0.29) is 12.6 Å². The van der Waals surface area contributed by atoms with E-state index in [9.17, 15) is 4.79 Å². The van der Waals surface area contributed by atoms with Crippen molar-refractivity contribution in [2.75, 3.05) is 19.8 Å². The highest BCUT2D eigenvalue weighted by Gasteiger charge is 2.07. The predicted octanol–water partition coefficient (Wildman–Crippen LogP) is 2.42. The minimum atomic E-state index is -0.363. The molecule has 0 aliphatic rings. The molecule has 1 rings (SSSR count). The lowest BCUT2D eigenvalue weighted by Crippen LogP contribution is -2.15. The fraction of sp³-hybridized carbons (Fsp3) is 0.462. The normalized spacial score (nSPS) is 9.76. The van der Waals surface area contributed by atoms with Crippen LogP contribution in [-0.2, 0) is 9.53 Å². The molecule has 0 saturated carbocycles. The standard InChI is InChI=1S/C13H18O4/c1-3-9-16-13(14)10-17-12-8-6-5-7-11(12)15-4-2/h5-8H,3-4,9-10H2,1-2H3. The first-order chi connectivity index (χ1) is 8.27. The van der Waals surface area contributed by atoms with Crippen LogP contribution in [-0.4, -0.2) is 25.8 Å². The molecule has 0 aliphatic carbocycles. The van der Waals surface area contributed by atoms with Gasteiger partial charge in [-0.1, -0.05) is 19.1 Å². The number of rotatable bonds is 7. The summed E-state index contributed by atoms with van der Waals surface area (Å²) in [7, 11) is 0. The maximum absolute atomic E-state index is 11.3. The first kappa shape index (κ1) is 13.4. The summed E-state index contributed by atoms with van der Waals surface area (Å²) in [6.07, 6.45) is 0.807. The topological polar surface area (TPSA) is 44.8 Å². The van der Waals surface area contributed by atoms with Gasteiger partial charge in [-0.25, -0.2) is 4.79 Å². The SMILES string of the molecule is CCCOC(=O)COc1ccccc1OCC. The number of benzene rings is 1. The highest BCUT2D eigenvalue weighted by molar-refractivity contribution is 5.71. The predicted molar refractivity (Wildman–Crippen MR) is 64.4 cm³/mol. The number of ether oxygens (including phenoxy) is 3. The molecule has 0 spiro atoms. The first-order valence-corrected chi connectivity index (χ1v) is 5.78. The molecule has 17 heavy (non-hydrogen) atoms. The molecule has 0 heterocycles. The Kier molecular flexibility index (Phi) is 5.93. The van der Waals surface area contributed by atoms with E-state index in [4.69, 9.17) is 14.2 Å². The number of hydrogen-bond donors (Lipinski definition) is 0. The molecule has 0 unspecified atom stereocenters. The van der Waals surface area contributed by atoms with Crippen molar-refractivity contribution in [2.45, 2.75) is 20.3 Å². The number of carbonyl (C=O) groups is 1. The summed E-state index contributed by atoms with van der Waals surface area (Å²) in [5, 5.41) is 0. The summed E-state index contributed by atoms with van der Waals surface area (Å²) >= 11 is 0. The molecule has 0 atom stereocenters. The smallest absolute Gasteiger partial charge is 0.344 e. The highest BCUT2D eigenvalue weighted by Crippen LogP contribution is 2.26. The Morgan fingerprint density at radius 3 is 2.35 bits per heavy atom. The quantitative estimate of drug-likeness (QED) is 0.684. The monoisotopic (exact) mass is 238 g/mol. The molecule has 94 valence electrons. The van der Waals surface area contributed by atoms with Gasteiger partial charge in [-0.2, -0.15) is 0 Å². The molecule has 0 fully saturated rings. The molecule has 1 aromatic rings. The molecule has 0 radical (unpaired) electrons. The minimum Gasteiger partial charge on any atom is -0.490 e. The van der Waals surface area contributed by atoms with Gasteiger partial charge in [-0.05, 0) is 25.5 Å². The number of carbonyl (C=O) groups excluding carboxylic acids is 1. The largest absolute Gasteiger partial charge is 0.490 e. The van der Waals surface area contributed by atoms with Crippen LogP contribution in [0.3, 0.4) is 0 Å². The second kappa shape index (κ2) is 7.54. The average Bonchev–Trinajstić information content (AvgIpc) is 2.35. The van der Waals surface area contributed by atoms with E-state index >= 15 is 0 Å². The molecule has 0 amide bonds. The van der Waals surface area contributed by atoms with Crippen molar-refractivity contribution < 1.29 is 19.0 Å². The van der Waals surface area contributed by atoms with E-state index in [2.05, 4.69) is 0 Å². The number of para-hydroxylation sites is 2. The van der Waals surface area contributed by atoms with Gasteiger partial charge in [-0.3, -0.25) is 0 Å². The van der Waals surface area contributed by atoms with Gasteiger partial charge in [0.05, 0.1) is 13.2 Å². The van der Waals surface area contributed by atoms with E-state index in [1.807, 2.05) is 26.0 Å². The lowest BCUT2D eigenvalue weighted by atomic mass is 10.3. The van der Waals surface area contributed by atoms with Gasteiger partial charge in [0.25, 0.3) is 0 Å². The van der Waals surface area contributed by atoms with E-state index in [0.717, 1.165) is 6.42 Å². The van der Waals surface area contributed by atoms with Crippen LogP contribution in [0.5, 0.6) is 11.5 Å². The third kappa shape index (κ3) is 4.76. The van der Waals surface area contributed by atoms with E-state index < -0.39 is 0 Å². The van der Waals surface area contributed by atoms with E-state index in [1.165, 1.54) is 0 Å². The molecule has 4 heteroatoms. The Hall–Kier alpha value is -1.71. The van der Waals surface area contributed by atoms with Gasteiger partial charge in [0.2, 0.25) is 0 Å². The lowest BCUT2D eigenvalue weighted by molar-refractivity contribution is -0.146. The van der Waals surface area contributed by atoms with Gasteiger partial charge in [-0.15, -0.1) is 0 Å². The van der Waals surface area contributed by atoms with Crippen molar-refractivity contribution in [2.24, 2.45) is 0 Å². The summed E-state index contributed by atoms with van der Waals surface area (Å²) in [6, 6.07) is 7.25. The van der Waals surface area contributed by atoms with Crippen molar-refractivity contribution in [1.82, 2.24) is 0 Å². The van der Waals surface area contributed by atoms with Crippen LogP contribution in [0.1, 0.15) is 20.3 Å². The minimum absolute atomic E-state index is 0.0932. The zero-order chi connectivity index (χ0) is 12.5. The van der Waals surface area contributed by atoms with Crippen molar-refractivity contribution in [3.05, 3.63) is 24.3 Å². The number of hydrogen-bond acceptors (Lipinski definition) is 4. The summed E-state index contributed by atoms with van der Waals surface area (Å²) in [4.78, 5) is 11.3. The molecule has 0 aliphatic heterocycles. The lowest BCUT2D eigenvalue weighted by Gasteiger charge is -2.10. The van der Waals surface area contributed by atoms with Gasteiger partial charge in [0, 0.05) is 0 Å². The summed E-state index contributed by atoms with van der Waals surface area (Å²) < 4.78 is 15.6. The molecule has 1 aromatic carbocycles. The average molecular weight is 238 g/mol. The van der Waals surface area contributed by atoms with Crippen LogP contribution in [0.15, 0.2) is 24.3 Å². The fourth-order valence-electron chi connectivity index (χ4n) is 1.24. The molecule has 0 bridgehead atoms. The Balaban J connectivity index is 2.47. The van der Waals surface area contributed by atoms with E-state index in [1.54, 1.807) is 12.1 Å². The van der Waals surface area contributed by atoms with Crippen molar-refractivity contribution in [3.63, 3.8) is 0 Å². The second-order valence-electron chi connectivity index (χ2n) is 3.39. The molecule has 4 nitrogen and oxygen atoms in total. The van der Waals surface area contributed by atoms with Crippen LogP contribution in [0, 0.1) is 0 Å². The van der Waals surface area contributed by atoms with Crippen LogP contribution >= 0.6 is 0 Å². The molecular formula is C13H18O4. The van der Waals surface area contributed by atoms with Crippen molar-refractivity contribution in [1.29, 1.82) is 0 Å². The third-order valence-corrected chi connectivity index (χ3v) is 1.96. The Morgan fingerprint density at radius 2 is 1.76 bits per heavy atom. The Bertz CT molecular complexity index is 349.